The van der Waals surface area contributed by atoms with Gasteiger partial charge in [0.2, 0.25) is 0 Å². The average Bonchev–Trinajstić information content (AvgIpc) is 2.86. The van der Waals surface area contributed by atoms with E-state index in [0.29, 0.717) is 5.71 Å². The number of oxime groups is 1. The van der Waals surface area contributed by atoms with Crippen molar-refractivity contribution < 1.29 is 9.63 Å². The van der Waals surface area contributed by atoms with E-state index in [1.807, 2.05) is 72.4 Å². The third-order valence-corrected chi connectivity index (χ3v) is 3.46. The van der Waals surface area contributed by atoms with Crippen molar-refractivity contribution in [1.82, 2.24) is 4.57 Å². The predicted molar refractivity (Wildman–Crippen MR) is 86.8 cm³/mol. The van der Waals surface area contributed by atoms with Crippen molar-refractivity contribution in [2.24, 2.45) is 12.2 Å². The molecule has 0 aliphatic rings. The Morgan fingerprint density at radius 1 is 1.05 bits per heavy atom. The number of benzene rings is 2. The molecule has 0 saturated heterocycles. The Bertz CT molecular complexity index is 848. The standard InChI is InChI=1S/C18H16N2O2/c1-13(21)22-19-18(14-8-4-3-5-9-14)16-12-20(2)17-11-7-6-10-15(16)17/h3-12H,1-2H3/b19-18+. The normalized spacial score (nSPS) is 11.6. The molecule has 0 amide bonds. The van der Waals surface area contributed by atoms with Gasteiger partial charge < -0.3 is 9.40 Å². The van der Waals surface area contributed by atoms with E-state index >= 15 is 0 Å². The summed E-state index contributed by atoms with van der Waals surface area (Å²) in [4.78, 5) is 16.1. The average molecular weight is 292 g/mol. The molecule has 110 valence electrons. The third kappa shape index (κ3) is 2.63. The Labute approximate surface area is 128 Å². The molecular formula is C18H16N2O2. The van der Waals surface area contributed by atoms with Crippen LogP contribution in [-0.2, 0) is 16.7 Å². The minimum Gasteiger partial charge on any atom is -0.350 e. The van der Waals surface area contributed by atoms with E-state index in [1.165, 1.54) is 6.92 Å². The Balaban J connectivity index is 2.20. The molecule has 0 saturated carbocycles. The van der Waals surface area contributed by atoms with Gasteiger partial charge in [-0.3, -0.25) is 0 Å². The molecule has 0 bridgehead atoms. The zero-order valence-corrected chi connectivity index (χ0v) is 12.5. The number of carbonyl (C=O) groups is 1. The Kier molecular flexibility index (Phi) is 3.74. The zero-order chi connectivity index (χ0) is 15.5. The van der Waals surface area contributed by atoms with Gasteiger partial charge in [-0.05, 0) is 6.07 Å². The van der Waals surface area contributed by atoms with Gasteiger partial charge >= 0.3 is 5.97 Å². The number of hydrogen-bond donors (Lipinski definition) is 0. The van der Waals surface area contributed by atoms with Crippen LogP contribution < -0.4 is 0 Å². The van der Waals surface area contributed by atoms with Gasteiger partial charge in [0.1, 0.15) is 5.71 Å². The van der Waals surface area contributed by atoms with E-state index in [0.717, 1.165) is 22.0 Å². The number of aryl methyl sites for hydroxylation is 1. The lowest BCUT2D eigenvalue weighted by atomic mass is 10.0. The van der Waals surface area contributed by atoms with Crippen LogP contribution in [0.4, 0.5) is 0 Å². The van der Waals surface area contributed by atoms with E-state index < -0.39 is 5.97 Å². The molecule has 1 heterocycles. The molecule has 3 rings (SSSR count). The van der Waals surface area contributed by atoms with Crippen molar-refractivity contribution in [3.63, 3.8) is 0 Å². The molecule has 0 fully saturated rings. The van der Waals surface area contributed by atoms with Crippen LogP contribution in [0, 0.1) is 0 Å². The highest BCUT2D eigenvalue weighted by Gasteiger charge is 2.15. The Morgan fingerprint density at radius 2 is 1.73 bits per heavy atom. The Hall–Kier alpha value is -2.88. The maximum atomic E-state index is 11.1. The van der Waals surface area contributed by atoms with Crippen molar-refractivity contribution >= 4 is 22.6 Å². The summed E-state index contributed by atoms with van der Waals surface area (Å²) in [7, 11) is 1.99. The van der Waals surface area contributed by atoms with Crippen molar-refractivity contribution in [3.05, 3.63) is 71.9 Å². The molecule has 0 atom stereocenters. The maximum absolute atomic E-state index is 11.1. The van der Waals surface area contributed by atoms with Gasteiger partial charge in [-0.1, -0.05) is 53.7 Å². The molecule has 0 spiro atoms. The van der Waals surface area contributed by atoms with Crippen LogP contribution >= 0.6 is 0 Å². The molecule has 0 aliphatic carbocycles. The first-order valence-electron chi connectivity index (χ1n) is 7.02. The van der Waals surface area contributed by atoms with Gasteiger partial charge in [0, 0.05) is 42.2 Å². The summed E-state index contributed by atoms with van der Waals surface area (Å²) in [5.41, 5.74) is 3.59. The second-order valence-corrected chi connectivity index (χ2v) is 5.06. The van der Waals surface area contributed by atoms with Crippen LogP contribution in [0.15, 0.2) is 65.9 Å². The van der Waals surface area contributed by atoms with Crippen LogP contribution in [0.25, 0.3) is 10.9 Å². The quantitative estimate of drug-likeness (QED) is 0.421. The molecule has 2 aromatic carbocycles. The molecule has 0 unspecified atom stereocenters. The minimum absolute atomic E-state index is 0.436. The van der Waals surface area contributed by atoms with Crippen LogP contribution in [0.3, 0.4) is 0 Å². The molecule has 4 heteroatoms. The smallest absolute Gasteiger partial charge is 0.332 e. The van der Waals surface area contributed by atoms with Gasteiger partial charge in [-0.2, -0.15) is 0 Å². The van der Waals surface area contributed by atoms with Crippen LogP contribution in [0.1, 0.15) is 18.1 Å². The van der Waals surface area contributed by atoms with Gasteiger partial charge in [-0.25, -0.2) is 4.79 Å². The first-order valence-corrected chi connectivity index (χ1v) is 7.02. The lowest BCUT2D eigenvalue weighted by Gasteiger charge is -2.05. The molecule has 0 N–H and O–H groups in total. The van der Waals surface area contributed by atoms with Gasteiger partial charge in [-0.15, -0.1) is 0 Å². The summed E-state index contributed by atoms with van der Waals surface area (Å²) < 4.78 is 2.04. The molecule has 0 aliphatic heterocycles. The first-order chi connectivity index (χ1) is 10.7. The second-order valence-electron chi connectivity index (χ2n) is 5.06. The van der Waals surface area contributed by atoms with E-state index in [1.54, 1.807) is 0 Å². The number of rotatable bonds is 3. The van der Waals surface area contributed by atoms with Gasteiger partial charge in [0.05, 0.1) is 0 Å². The van der Waals surface area contributed by atoms with Gasteiger partial charge in [0.25, 0.3) is 0 Å². The summed E-state index contributed by atoms with van der Waals surface area (Å²) in [6.45, 7) is 1.34. The summed E-state index contributed by atoms with van der Waals surface area (Å²) in [5.74, 6) is -0.436. The summed E-state index contributed by atoms with van der Waals surface area (Å²) in [6.07, 6.45) is 2.00. The molecule has 0 radical (unpaired) electrons. The van der Waals surface area contributed by atoms with Crippen LogP contribution in [-0.4, -0.2) is 16.2 Å². The highest BCUT2D eigenvalue weighted by molar-refractivity contribution is 6.19. The van der Waals surface area contributed by atoms with Crippen LogP contribution in [0.5, 0.6) is 0 Å². The van der Waals surface area contributed by atoms with E-state index in [2.05, 4.69) is 5.16 Å². The van der Waals surface area contributed by atoms with Crippen molar-refractivity contribution in [2.75, 3.05) is 0 Å². The molecule has 3 aromatic rings. The number of hydrogen-bond acceptors (Lipinski definition) is 3. The highest BCUT2D eigenvalue weighted by atomic mass is 16.7. The second kappa shape index (κ2) is 5.85. The molecule has 1 aromatic heterocycles. The third-order valence-electron chi connectivity index (χ3n) is 3.46. The zero-order valence-electron chi connectivity index (χ0n) is 12.5. The van der Waals surface area contributed by atoms with Crippen molar-refractivity contribution in [3.8, 4) is 0 Å². The van der Waals surface area contributed by atoms with Crippen molar-refractivity contribution in [2.45, 2.75) is 6.92 Å². The summed E-state index contributed by atoms with van der Waals surface area (Å²) in [5, 5.41) is 5.15. The van der Waals surface area contributed by atoms with E-state index in [-0.39, 0.29) is 0 Å². The molecule has 4 nitrogen and oxygen atoms in total. The van der Waals surface area contributed by atoms with E-state index in [9.17, 15) is 4.79 Å². The Morgan fingerprint density at radius 3 is 2.45 bits per heavy atom. The highest BCUT2D eigenvalue weighted by Crippen LogP contribution is 2.23. The molecular weight excluding hydrogens is 276 g/mol. The number of aromatic nitrogens is 1. The fourth-order valence-corrected chi connectivity index (χ4v) is 2.49. The number of fused-ring (bicyclic) bond motifs is 1. The molecule has 22 heavy (non-hydrogen) atoms. The fourth-order valence-electron chi connectivity index (χ4n) is 2.49. The summed E-state index contributed by atoms with van der Waals surface area (Å²) in [6, 6.07) is 17.8. The van der Waals surface area contributed by atoms with Crippen LogP contribution in [0.2, 0.25) is 0 Å². The predicted octanol–water partition coefficient (Wildman–Crippen LogP) is 3.49. The minimum atomic E-state index is -0.436. The topological polar surface area (TPSA) is 43.6 Å². The number of carbonyl (C=O) groups excluding carboxylic acids is 1. The largest absolute Gasteiger partial charge is 0.350 e. The monoisotopic (exact) mass is 292 g/mol. The number of nitrogens with zero attached hydrogens (tertiary/aromatic N) is 2. The first kappa shape index (κ1) is 14.1. The SMILES string of the molecule is CC(=O)O/N=C(\c1ccccc1)c1cn(C)c2ccccc12. The lowest BCUT2D eigenvalue weighted by Crippen LogP contribution is -2.05. The summed E-state index contributed by atoms with van der Waals surface area (Å²) >= 11 is 0. The maximum Gasteiger partial charge on any atom is 0.332 e. The van der Waals surface area contributed by atoms with E-state index in [4.69, 9.17) is 4.84 Å². The van der Waals surface area contributed by atoms with Crippen molar-refractivity contribution in [1.29, 1.82) is 0 Å². The van der Waals surface area contributed by atoms with Gasteiger partial charge in [0.15, 0.2) is 0 Å². The lowest BCUT2D eigenvalue weighted by molar-refractivity contribution is -0.140. The number of para-hydroxylation sites is 1. The fraction of sp³-hybridized carbons (Fsp3) is 0.111.